The molecule has 28 heavy (non-hydrogen) atoms. The Labute approximate surface area is 166 Å². The number of carbonyl (C=O) groups is 2. The number of nitrogens with zero attached hydrogens (tertiary/aromatic N) is 4. The fraction of sp³-hybridized carbons (Fsp3) is 0.600. The van der Waals surface area contributed by atoms with Crippen molar-refractivity contribution >= 4 is 17.7 Å². The Balaban J connectivity index is 1.44. The third-order valence-electron chi connectivity index (χ3n) is 5.32. The molecule has 1 aromatic rings. The van der Waals surface area contributed by atoms with Crippen LogP contribution < -0.4 is 9.64 Å². The maximum absolute atomic E-state index is 12.6. The Morgan fingerprint density at radius 3 is 2.21 bits per heavy atom. The van der Waals surface area contributed by atoms with Crippen LogP contribution in [0.4, 0.5) is 10.5 Å². The molecule has 0 unspecified atom stereocenters. The third-order valence-corrected chi connectivity index (χ3v) is 5.32. The van der Waals surface area contributed by atoms with Gasteiger partial charge in [-0.15, -0.1) is 0 Å². The van der Waals surface area contributed by atoms with Gasteiger partial charge in [-0.25, -0.2) is 4.79 Å². The van der Waals surface area contributed by atoms with Crippen LogP contribution in [0.3, 0.4) is 0 Å². The second-order valence-corrected chi connectivity index (χ2v) is 7.00. The molecule has 2 saturated heterocycles. The minimum absolute atomic E-state index is 0.134. The molecule has 2 aliphatic rings. The van der Waals surface area contributed by atoms with Gasteiger partial charge in [0.1, 0.15) is 5.75 Å². The standard InChI is InChI=1S/C20H30N4O4/c1-3-28-20(26)24-14-12-23(13-15-24)19(25)16-21-8-10-22(11-9-21)17-6-4-5-7-18(17)27-2/h4-7H,3,8-16H2,1-2H3. The van der Waals surface area contributed by atoms with Crippen LogP contribution in [0.2, 0.25) is 0 Å². The molecule has 0 N–H and O–H groups in total. The smallest absolute Gasteiger partial charge is 0.409 e. The summed E-state index contributed by atoms with van der Waals surface area (Å²) >= 11 is 0. The van der Waals surface area contributed by atoms with Gasteiger partial charge in [-0.1, -0.05) is 12.1 Å². The highest BCUT2D eigenvalue weighted by molar-refractivity contribution is 5.79. The summed E-state index contributed by atoms with van der Waals surface area (Å²) in [6.07, 6.45) is -0.290. The lowest BCUT2D eigenvalue weighted by molar-refractivity contribution is -0.134. The van der Waals surface area contributed by atoms with Crippen LogP contribution >= 0.6 is 0 Å². The molecule has 3 rings (SSSR count). The number of piperazine rings is 2. The molecule has 154 valence electrons. The highest BCUT2D eigenvalue weighted by atomic mass is 16.6. The first-order valence-corrected chi connectivity index (χ1v) is 9.92. The number of ether oxygens (including phenoxy) is 2. The van der Waals surface area contributed by atoms with Gasteiger partial charge in [0.2, 0.25) is 5.91 Å². The molecule has 2 aliphatic heterocycles. The second-order valence-electron chi connectivity index (χ2n) is 7.00. The fourth-order valence-electron chi connectivity index (χ4n) is 3.68. The summed E-state index contributed by atoms with van der Waals surface area (Å²) in [5, 5.41) is 0. The van der Waals surface area contributed by atoms with Crippen molar-refractivity contribution in [2.75, 3.05) is 77.5 Å². The third kappa shape index (κ3) is 4.86. The molecule has 0 bridgehead atoms. The van der Waals surface area contributed by atoms with E-state index in [1.165, 1.54) is 0 Å². The zero-order valence-corrected chi connectivity index (χ0v) is 16.8. The quantitative estimate of drug-likeness (QED) is 0.751. The first-order valence-electron chi connectivity index (χ1n) is 9.92. The Kier molecular flexibility index (Phi) is 6.97. The average Bonchev–Trinajstić information content (AvgIpc) is 2.74. The molecular weight excluding hydrogens is 360 g/mol. The van der Waals surface area contributed by atoms with Crippen LogP contribution in [0, 0.1) is 0 Å². The van der Waals surface area contributed by atoms with E-state index in [2.05, 4.69) is 15.9 Å². The van der Waals surface area contributed by atoms with Crippen LogP contribution in [0.1, 0.15) is 6.92 Å². The number of anilines is 1. The minimum Gasteiger partial charge on any atom is -0.495 e. The van der Waals surface area contributed by atoms with E-state index in [0.29, 0.717) is 39.3 Å². The number of amides is 2. The first kappa shape index (κ1) is 20.3. The Morgan fingerprint density at radius 2 is 1.57 bits per heavy atom. The van der Waals surface area contributed by atoms with Crippen molar-refractivity contribution < 1.29 is 19.1 Å². The predicted molar refractivity (Wildman–Crippen MR) is 107 cm³/mol. The van der Waals surface area contributed by atoms with Crippen LogP contribution in [-0.2, 0) is 9.53 Å². The number of hydrogen-bond donors (Lipinski definition) is 0. The second kappa shape index (κ2) is 9.64. The Morgan fingerprint density at radius 1 is 0.929 bits per heavy atom. The van der Waals surface area contributed by atoms with E-state index in [0.717, 1.165) is 37.6 Å². The van der Waals surface area contributed by atoms with Gasteiger partial charge in [0, 0.05) is 52.4 Å². The maximum atomic E-state index is 12.6. The van der Waals surface area contributed by atoms with Gasteiger partial charge < -0.3 is 24.2 Å². The molecule has 8 nitrogen and oxygen atoms in total. The van der Waals surface area contributed by atoms with E-state index in [1.54, 1.807) is 18.9 Å². The normalized spacial score (nSPS) is 18.1. The lowest BCUT2D eigenvalue weighted by Crippen LogP contribution is -2.54. The van der Waals surface area contributed by atoms with Crippen molar-refractivity contribution in [1.29, 1.82) is 0 Å². The van der Waals surface area contributed by atoms with E-state index < -0.39 is 0 Å². The number of methoxy groups -OCH3 is 1. The van der Waals surface area contributed by atoms with E-state index in [9.17, 15) is 9.59 Å². The number of hydrogen-bond acceptors (Lipinski definition) is 6. The molecule has 0 aliphatic carbocycles. The summed E-state index contributed by atoms with van der Waals surface area (Å²) < 4.78 is 10.5. The largest absolute Gasteiger partial charge is 0.495 e. The fourth-order valence-corrected chi connectivity index (χ4v) is 3.68. The monoisotopic (exact) mass is 390 g/mol. The molecule has 2 heterocycles. The van der Waals surface area contributed by atoms with Crippen molar-refractivity contribution in [2.24, 2.45) is 0 Å². The van der Waals surface area contributed by atoms with Crippen LogP contribution in [0.5, 0.6) is 5.75 Å². The Bertz CT molecular complexity index is 668. The molecule has 1 aromatic carbocycles. The van der Waals surface area contributed by atoms with Gasteiger partial charge in [-0.05, 0) is 19.1 Å². The molecule has 0 saturated carbocycles. The van der Waals surface area contributed by atoms with Crippen molar-refractivity contribution in [3.05, 3.63) is 24.3 Å². The summed E-state index contributed by atoms with van der Waals surface area (Å²) in [5.74, 6) is 1.01. The van der Waals surface area contributed by atoms with Gasteiger partial charge in [-0.2, -0.15) is 0 Å². The van der Waals surface area contributed by atoms with E-state index >= 15 is 0 Å². The molecular formula is C20H30N4O4. The van der Waals surface area contributed by atoms with E-state index in [1.807, 2.05) is 23.1 Å². The topological polar surface area (TPSA) is 65.6 Å². The van der Waals surface area contributed by atoms with Crippen LogP contribution in [0.25, 0.3) is 0 Å². The molecule has 0 atom stereocenters. The van der Waals surface area contributed by atoms with E-state index in [4.69, 9.17) is 9.47 Å². The van der Waals surface area contributed by atoms with Crippen molar-refractivity contribution in [3.8, 4) is 5.75 Å². The summed E-state index contributed by atoms with van der Waals surface area (Å²) in [6.45, 7) is 8.22. The van der Waals surface area contributed by atoms with Gasteiger partial charge in [-0.3, -0.25) is 9.69 Å². The molecule has 0 radical (unpaired) electrons. The SMILES string of the molecule is CCOC(=O)N1CCN(C(=O)CN2CCN(c3ccccc3OC)CC2)CC1. The van der Waals surface area contributed by atoms with Gasteiger partial charge in [0.05, 0.1) is 25.9 Å². The Hall–Kier alpha value is -2.48. The lowest BCUT2D eigenvalue weighted by atomic mass is 10.2. The minimum atomic E-state index is -0.290. The summed E-state index contributed by atoms with van der Waals surface area (Å²) in [5.41, 5.74) is 1.10. The average molecular weight is 390 g/mol. The molecule has 0 aromatic heterocycles. The number of rotatable bonds is 5. The van der Waals surface area contributed by atoms with Crippen LogP contribution in [-0.4, -0.2) is 99.3 Å². The molecule has 8 heteroatoms. The zero-order chi connectivity index (χ0) is 19.9. The van der Waals surface area contributed by atoms with Crippen molar-refractivity contribution in [3.63, 3.8) is 0 Å². The predicted octanol–water partition coefficient (Wildman–Crippen LogP) is 1.12. The summed E-state index contributed by atoms with van der Waals surface area (Å²) in [4.78, 5) is 32.4. The zero-order valence-electron chi connectivity index (χ0n) is 16.8. The van der Waals surface area contributed by atoms with Crippen molar-refractivity contribution in [2.45, 2.75) is 6.92 Å². The molecule has 2 fully saturated rings. The highest BCUT2D eigenvalue weighted by Crippen LogP contribution is 2.28. The maximum Gasteiger partial charge on any atom is 0.409 e. The number of benzene rings is 1. The van der Waals surface area contributed by atoms with Gasteiger partial charge in [0.15, 0.2) is 0 Å². The first-order chi connectivity index (χ1) is 13.6. The molecule has 0 spiro atoms. The highest BCUT2D eigenvalue weighted by Gasteiger charge is 2.27. The lowest BCUT2D eigenvalue weighted by Gasteiger charge is -2.38. The van der Waals surface area contributed by atoms with Crippen molar-refractivity contribution in [1.82, 2.24) is 14.7 Å². The number of para-hydroxylation sites is 2. The number of carbonyl (C=O) groups excluding carboxylic acids is 2. The summed E-state index contributed by atoms with van der Waals surface area (Å²) in [6, 6.07) is 8.03. The molecule has 2 amide bonds. The summed E-state index contributed by atoms with van der Waals surface area (Å²) in [7, 11) is 1.69. The van der Waals surface area contributed by atoms with Gasteiger partial charge >= 0.3 is 6.09 Å². The van der Waals surface area contributed by atoms with Crippen LogP contribution in [0.15, 0.2) is 24.3 Å². The van der Waals surface area contributed by atoms with Gasteiger partial charge in [0.25, 0.3) is 0 Å². The van der Waals surface area contributed by atoms with E-state index in [-0.39, 0.29) is 12.0 Å².